The molecule has 104 valence electrons. The Morgan fingerprint density at radius 1 is 1.55 bits per heavy atom. The fourth-order valence-electron chi connectivity index (χ4n) is 2.06. The zero-order chi connectivity index (χ0) is 13.8. The molecule has 0 saturated carbocycles. The molecule has 2 aromatic rings. The van der Waals surface area contributed by atoms with Crippen molar-refractivity contribution in [2.75, 3.05) is 18.5 Å². The van der Waals surface area contributed by atoms with Crippen LogP contribution in [0.15, 0.2) is 41.3 Å². The van der Waals surface area contributed by atoms with E-state index < -0.39 is 0 Å². The van der Waals surface area contributed by atoms with Crippen molar-refractivity contribution in [3.05, 3.63) is 42.6 Å². The van der Waals surface area contributed by atoms with Crippen molar-refractivity contribution in [1.82, 2.24) is 9.78 Å². The minimum Gasteiger partial charge on any atom is -0.465 e. The van der Waals surface area contributed by atoms with E-state index in [1.54, 1.807) is 30.7 Å². The molecule has 3 rings (SSSR count). The van der Waals surface area contributed by atoms with E-state index in [-0.39, 0.29) is 11.9 Å². The van der Waals surface area contributed by atoms with E-state index in [2.05, 4.69) is 10.4 Å². The van der Waals surface area contributed by atoms with E-state index >= 15 is 0 Å². The number of rotatable bonds is 4. The summed E-state index contributed by atoms with van der Waals surface area (Å²) in [5, 5.41) is 7.00. The van der Waals surface area contributed by atoms with Gasteiger partial charge in [0.15, 0.2) is 0 Å². The SMILES string of the molecule is O=C(/C=C/c1ccco1)Nc1cnn(C2CCOC2)c1. The summed E-state index contributed by atoms with van der Waals surface area (Å²) in [6.45, 7) is 1.44. The van der Waals surface area contributed by atoms with Gasteiger partial charge in [0.25, 0.3) is 0 Å². The standard InChI is InChI=1S/C14H15N3O3/c18-14(4-3-13-2-1-6-20-13)16-11-8-15-17(9-11)12-5-7-19-10-12/h1-4,6,8-9,12H,5,7,10H2,(H,16,18)/b4-3+. The molecular weight excluding hydrogens is 258 g/mol. The highest BCUT2D eigenvalue weighted by atomic mass is 16.5. The lowest BCUT2D eigenvalue weighted by Crippen LogP contribution is -2.09. The lowest BCUT2D eigenvalue weighted by molar-refractivity contribution is -0.111. The minimum absolute atomic E-state index is 0.219. The van der Waals surface area contributed by atoms with Crippen LogP contribution in [0.5, 0.6) is 0 Å². The van der Waals surface area contributed by atoms with Crippen LogP contribution in [-0.4, -0.2) is 28.9 Å². The summed E-state index contributed by atoms with van der Waals surface area (Å²) in [4.78, 5) is 11.7. The normalized spacial score (nSPS) is 18.7. The molecule has 0 spiro atoms. The van der Waals surface area contributed by atoms with Crippen molar-refractivity contribution >= 4 is 17.7 Å². The summed E-state index contributed by atoms with van der Waals surface area (Å²) >= 11 is 0. The summed E-state index contributed by atoms with van der Waals surface area (Å²) in [7, 11) is 0. The first kappa shape index (κ1) is 12.7. The average molecular weight is 273 g/mol. The topological polar surface area (TPSA) is 69.3 Å². The first-order valence-electron chi connectivity index (χ1n) is 6.46. The fourth-order valence-corrected chi connectivity index (χ4v) is 2.06. The van der Waals surface area contributed by atoms with Crippen molar-refractivity contribution < 1.29 is 13.9 Å². The molecule has 0 aromatic carbocycles. The molecule has 20 heavy (non-hydrogen) atoms. The summed E-state index contributed by atoms with van der Waals surface area (Å²) in [5.74, 6) is 0.419. The molecular formula is C14H15N3O3. The van der Waals surface area contributed by atoms with Crippen LogP contribution < -0.4 is 5.32 Å². The lowest BCUT2D eigenvalue weighted by atomic mass is 10.3. The maximum atomic E-state index is 11.7. The molecule has 0 bridgehead atoms. The van der Waals surface area contributed by atoms with Crippen molar-refractivity contribution in [3.8, 4) is 0 Å². The highest BCUT2D eigenvalue weighted by molar-refractivity contribution is 6.01. The quantitative estimate of drug-likeness (QED) is 0.866. The van der Waals surface area contributed by atoms with E-state index in [9.17, 15) is 4.79 Å². The van der Waals surface area contributed by atoms with Crippen LogP contribution in [0.2, 0.25) is 0 Å². The number of carbonyl (C=O) groups excluding carboxylic acids is 1. The molecule has 1 aliphatic rings. The largest absolute Gasteiger partial charge is 0.465 e. The summed E-state index contributed by atoms with van der Waals surface area (Å²) in [5.41, 5.74) is 0.672. The number of anilines is 1. The Morgan fingerprint density at radius 3 is 3.25 bits per heavy atom. The second-order valence-corrected chi connectivity index (χ2v) is 4.56. The molecule has 0 aliphatic carbocycles. The number of nitrogens with one attached hydrogen (secondary N) is 1. The second kappa shape index (κ2) is 5.75. The number of carbonyl (C=O) groups is 1. The van der Waals surface area contributed by atoms with Crippen molar-refractivity contribution in [2.45, 2.75) is 12.5 Å². The molecule has 1 aliphatic heterocycles. The molecule has 1 saturated heterocycles. The van der Waals surface area contributed by atoms with Gasteiger partial charge in [0, 0.05) is 18.9 Å². The Balaban J connectivity index is 1.58. The number of amides is 1. The maximum absolute atomic E-state index is 11.7. The molecule has 6 heteroatoms. The van der Waals surface area contributed by atoms with E-state index in [1.165, 1.54) is 6.08 Å². The average Bonchev–Trinajstić information content (AvgIpc) is 3.18. The molecule has 3 heterocycles. The number of furan rings is 1. The summed E-state index contributed by atoms with van der Waals surface area (Å²) in [6.07, 6.45) is 9.01. The second-order valence-electron chi connectivity index (χ2n) is 4.56. The van der Waals surface area contributed by atoms with Gasteiger partial charge in [-0.05, 0) is 24.6 Å². The number of ether oxygens (including phenoxy) is 1. The monoisotopic (exact) mass is 273 g/mol. The van der Waals surface area contributed by atoms with Crippen molar-refractivity contribution in [2.24, 2.45) is 0 Å². The third-order valence-electron chi connectivity index (χ3n) is 3.09. The summed E-state index contributed by atoms with van der Waals surface area (Å²) in [6, 6.07) is 3.81. The van der Waals surface area contributed by atoms with Crippen molar-refractivity contribution in [3.63, 3.8) is 0 Å². The molecule has 6 nitrogen and oxygen atoms in total. The smallest absolute Gasteiger partial charge is 0.248 e. The predicted molar refractivity (Wildman–Crippen MR) is 73.1 cm³/mol. The molecule has 1 atom stereocenters. The Bertz CT molecular complexity index is 595. The number of aromatic nitrogens is 2. The fraction of sp³-hybridized carbons (Fsp3) is 0.286. The van der Waals surface area contributed by atoms with E-state index in [0.717, 1.165) is 13.0 Å². The van der Waals surface area contributed by atoms with Gasteiger partial charge in [0.05, 0.1) is 30.8 Å². The third kappa shape index (κ3) is 2.97. The van der Waals surface area contributed by atoms with Crippen LogP contribution in [0.1, 0.15) is 18.2 Å². The van der Waals surface area contributed by atoms with E-state index in [0.29, 0.717) is 18.1 Å². The molecule has 1 unspecified atom stereocenters. The highest BCUT2D eigenvalue weighted by Crippen LogP contribution is 2.19. The molecule has 1 amide bonds. The lowest BCUT2D eigenvalue weighted by Gasteiger charge is -2.06. The van der Waals surface area contributed by atoms with Crippen LogP contribution >= 0.6 is 0 Å². The number of hydrogen-bond donors (Lipinski definition) is 1. The number of hydrogen-bond acceptors (Lipinski definition) is 4. The van der Waals surface area contributed by atoms with Gasteiger partial charge >= 0.3 is 0 Å². The molecule has 1 N–H and O–H groups in total. The Labute approximate surface area is 116 Å². The Kier molecular flexibility index (Phi) is 3.64. The zero-order valence-corrected chi connectivity index (χ0v) is 10.9. The van der Waals surface area contributed by atoms with Gasteiger partial charge in [-0.3, -0.25) is 9.48 Å². The van der Waals surface area contributed by atoms with Gasteiger partial charge in [-0.1, -0.05) is 0 Å². The first-order chi connectivity index (χ1) is 9.81. The van der Waals surface area contributed by atoms with Gasteiger partial charge < -0.3 is 14.5 Å². The minimum atomic E-state index is -0.219. The van der Waals surface area contributed by atoms with Crippen LogP contribution in [0.25, 0.3) is 6.08 Å². The number of nitrogens with zero attached hydrogens (tertiary/aromatic N) is 2. The first-order valence-corrected chi connectivity index (χ1v) is 6.46. The van der Waals surface area contributed by atoms with Gasteiger partial charge in [-0.25, -0.2) is 0 Å². The van der Waals surface area contributed by atoms with Gasteiger partial charge in [0.1, 0.15) is 5.76 Å². The van der Waals surface area contributed by atoms with Gasteiger partial charge in [0.2, 0.25) is 5.91 Å². The maximum Gasteiger partial charge on any atom is 0.248 e. The Hall–Kier alpha value is -2.34. The molecule has 0 radical (unpaired) electrons. The predicted octanol–water partition coefficient (Wildman–Crippen LogP) is 2.09. The van der Waals surface area contributed by atoms with E-state index in [4.69, 9.17) is 9.15 Å². The van der Waals surface area contributed by atoms with Crippen LogP contribution in [0.3, 0.4) is 0 Å². The van der Waals surface area contributed by atoms with Gasteiger partial charge in [-0.15, -0.1) is 0 Å². The zero-order valence-electron chi connectivity index (χ0n) is 10.9. The van der Waals surface area contributed by atoms with Gasteiger partial charge in [-0.2, -0.15) is 5.10 Å². The molecule has 1 fully saturated rings. The van der Waals surface area contributed by atoms with Crippen molar-refractivity contribution in [1.29, 1.82) is 0 Å². The van der Waals surface area contributed by atoms with E-state index in [1.807, 2.05) is 10.9 Å². The highest BCUT2D eigenvalue weighted by Gasteiger charge is 2.18. The third-order valence-corrected chi connectivity index (χ3v) is 3.09. The molecule has 2 aromatic heterocycles. The van der Waals surface area contributed by atoms with Crippen LogP contribution in [-0.2, 0) is 9.53 Å². The van der Waals surface area contributed by atoms with Crippen LogP contribution in [0.4, 0.5) is 5.69 Å². The van der Waals surface area contributed by atoms with Crippen LogP contribution in [0, 0.1) is 0 Å². The summed E-state index contributed by atoms with van der Waals surface area (Å²) < 4.78 is 12.3. The Morgan fingerprint density at radius 2 is 2.50 bits per heavy atom.